The highest BCUT2D eigenvalue weighted by Gasteiger charge is 2.05. The summed E-state index contributed by atoms with van der Waals surface area (Å²) >= 11 is 1.55. The van der Waals surface area contributed by atoms with Crippen molar-refractivity contribution in [2.24, 2.45) is 0 Å². The molecule has 0 bridgehead atoms. The molecule has 0 unspecified atom stereocenters. The van der Waals surface area contributed by atoms with E-state index in [9.17, 15) is 0 Å². The maximum atomic E-state index is 5.01. The summed E-state index contributed by atoms with van der Waals surface area (Å²) in [6, 6.07) is 1.88. The lowest BCUT2D eigenvalue weighted by Crippen LogP contribution is -2.00. The molecule has 0 fully saturated rings. The van der Waals surface area contributed by atoms with E-state index >= 15 is 0 Å². The van der Waals surface area contributed by atoms with Gasteiger partial charge in [-0.15, -0.1) is 16.4 Å². The van der Waals surface area contributed by atoms with Crippen molar-refractivity contribution in [1.82, 2.24) is 25.1 Å². The van der Waals surface area contributed by atoms with Crippen molar-refractivity contribution in [2.75, 3.05) is 5.32 Å². The van der Waals surface area contributed by atoms with E-state index in [-0.39, 0.29) is 0 Å². The number of aromatic nitrogens is 5. The summed E-state index contributed by atoms with van der Waals surface area (Å²) in [5, 5.41) is 18.0. The SMILES string of the molecule is Cc1cc(Cn2cc(CNc3nccs3)nn2)no1. The van der Waals surface area contributed by atoms with Crippen LogP contribution < -0.4 is 5.32 Å². The summed E-state index contributed by atoms with van der Waals surface area (Å²) < 4.78 is 6.74. The average molecular weight is 276 g/mol. The first-order chi connectivity index (χ1) is 9.29. The Hall–Kier alpha value is -2.22. The summed E-state index contributed by atoms with van der Waals surface area (Å²) in [7, 11) is 0. The zero-order valence-corrected chi connectivity index (χ0v) is 11.1. The lowest BCUT2D eigenvalue weighted by atomic mass is 10.4. The molecule has 3 rings (SSSR count). The third-order valence-electron chi connectivity index (χ3n) is 2.44. The first kappa shape index (κ1) is 11.8. The van der Waals surface area contributed by atoms with Crippen molar-refractivity contribution >= 4 is 16.5 Å². The fourth-order valence-corrected chi connectivity index (χ4v) is 2.16. The minimum absolute atomic E-state index is 0.557. The molecule has 0 atom stereocenters. The van der Waals surface area contributed by atoms with Crippen LogP contribution in [0.4, 0.5) is 5.13 Å². The number of aryl methyl sites for hydroxylation is 1. The van der Waals surface area contributed by atoms with Gasteiger partial charge in [-0.05, 0) is 6.92 Å². The summed E-state index contributed by atoms with van der Waals surface area (Å²) in [4.78, 5) is 4.14. The fourth-order valence-electron chi connectivity index (χ4n) is 1.63. The van der Waals surface area contributed by atoms with Gasteiger partial charge in [-0.25, -0.2) is 9.67 Å². The molecular weight excluding hydrogens is 264 g/mol. The lowest BCUT2D eigenvalue weighted by Gasteiger charge is -1.97. The molecule has 19 heavy (non-hydrogen) atoms. The molecule has 3 aromatic heterocycles. The highest BCUT2D eigenvalue weighted by Crippen LogP contribution is 2.11. The fraction of sp³-hybridized carbons (Fsp3) is 0.273. The van der Waals surface area contributed by atoms with E-state index in [4.69, 9.17) is 4.52 Å². The quantitative estimate of drug-likeness (QED) is 0.763. The monoisotopic (exact) mass is 276 g/mol. The lowest BCUT2D eigenvalue weighted by molar-refractivity contribution is 0.387. The molecule has 3 aromatic rings. The van der Waals surface area contributed by atoms with Crippen molar-refractivity contribution in [3.63, 3.8) is 0 Å². The molecule has 0 aliphatic rings. The second-order valence-electron chi connectivity index (χ2n) is 4.03. The van der Waals surface area contributed by atoms with Crippen molar-refractivity contribution in [1.29, 1.82) is 0 Å². The van der Waals surface area contributed by atoms with E-state index in [2.05, 4.69) is 25.8 Å². The van der Waals surface area contributed by atoms with E-state index < -0.39 is 0 Å². The topological polar surface area (TPSA) is 81.7 Å². The second kappa shape index (κ2) is 5.19. The first-order valence-corrected chi connectivity index (χ1v) is 6.62. The highest BCUT2D eigenvalue weighted by molar-refractivity contribution is 7.13. The molecule has 3 heterocycles. The standard InChI is InChI=1S/C11H12N6OS/c1-8-4-9(15-18-8)6-17-7-10(14-16-17)5-13-11-12-2-3-19-11/h2-4,7H,5-6H2,1H3,(H,12,13). The Balaban J connectivity index is 1.60. The smallest absolute Gasteiger partial charge is 0.182 e. The normalized spacial score (nSPS) is 10.8. The van der Waals surface area contributed by atoms with Gasteiger partial charge in [0.1, 0.15) is 17.1 Å². The van der Waals surface area contributed by atoms with Crippen LogP contribution in [0.3, 0.4) is 0 Å². The number of anilines is 1. The van der Waals surface area contributed by atoms with E-state index in [0.29, 0.717) is 13.1 Å². The molecule has 8 heteroatoms. The van der Waals surface area contributed by atoms with Crippen LogP contribution in [0.25, 0.3) is 0 Å². The van der Waals surface area contributed by atoms with Crippen LogP contribution in [0, 0.1) is 6.92 Å². The van der Waals surface area contributed by atoms with Crippen LogP contribution in [-0.2, 0) is 13.1 Å². The number of nitrogens with zero attached hydrogens (tertiary/aromatic N) is 5. The third kappa shape index (κ3) is 2.97. The first-order valence-electron chi connectivity index (χ1n) is 5.74. The zero-order valence-electron chi connectivity index (χ0n) is 10.3. The molecule has 7 nitrogen and oxygen atoms in total. The molecule has 0 aliphatic carbocycles. The molecule has 1 N–H and O–H groups in total. The van der Waals surface area contributed by atoms with Gasteiger partial charge in [-0.2, -0.15) is 0 Å². The Bertz CT molecular complexity index is 644. The maximum Gasteiger partial charge on any atom is 0.182 e. The van der Waals surface area contributed by atoms with Gasteiger partial charge in [0, 0.05) is 17.6 Å². The van der Waals surface area contributed by atoms with Crippen LogP contribution in [0.2, 0.25) is 0 Å². The highest BCUT2D eigenvalue weighted by atomic mass is 32.1. The van der Waals surface area contributed by atoms with Gasteiger partial charge in [-0.3, -0.25) is 0 Å². The third-order valence-corrected chi connectivity index (χ3v) is 3.17. The Morgan fingerprint density at radius 3 is 3.11 bits per heavy atom. The molecule has 98 valence electrons. The van der Waals surface area contributed by atoms with Crippen LogP contribution in [-0.4, -0.2) is 25.1 Å². The van der Waals surface area contributed by atoms with Gasteiger partial charge in [-0.1, -0.05) is 10.4 Å². The van der Waals surface area contributed by atoms with Crippen molar-refractivity contribution in [3.05, 3.63) is 41.0 Å². The molecule has 0 aromatic carbocycles. The molecule has 0 saturated heterocycles. The number of rotatable bonds is 5. The van der Waals surface area contributed by atoms with Gasteiger partial charge in [0.15, 0.2) is 5.13 Å². The van der Waals surface area contributed by atoms with E-state index in [0.717, 1.165) is 22.3 Å². The van der Waals surface area contributed by atoms with Gasteiger partial charge in [0.25, 0.3) is 0 Å². The number of thiazole rings is 1. The Morgan fingerprint density at radius 1 is 1.42 bits per heavy atom. The van der Waals surface area contributed by atoms with Crippen LogP contribution in [0.1, 0.15) is 17.1 Å². The Kier molecular flexibility index (Phi) is 3.23. The minimum atomic E-state index is 0.557. The molecular formula is C11H12N6OS. The summed E-state index contributed by atoms with van der Waals surface area (Å²) in [6.07, 6.45) is 3.64. The largest absolute Gasteiger partial charge is 0.361 e. The summed E-state index contributed by atoms with van der Waals surface area (Å²) in [5.41, 5.74) is 1.69. The van der Waals surface area contributed by atoms with Gasteiger partial charge in [0.2, 0.25) is 0 Å². The molecule has 0 amide bonds. The number of hydrogen-bond donors (Lipinski definition) is 1. The van der Waals surface area contributed by atoms with Crippen LogP contribution in [0.15, 0.2) is 28.4 Å². The Labute approximate surface area is 113 Å². The summed E-state index contributed by atoms with van der Waals surface area (Å²) in [5.74, 6) is 0.792. The van der Waals surface area contributed by atoms with Crippen molar-refractivity contribution in [2.45, 2.75) is 20.0 Å². The predicted molar refractivity (Wildman–Crippen MR) is 69.8 cm³/mol. The van der Waals surface area contributed by atoms with Gasteiger partial charge >= 0.3 is 0 Å². The molecule has 0 spiro atoms. The van der Waals surface area contributed by atoms with E-state index in [1.165, 1.54) is 0 Å². The maximum absolute atomic E-state index is 5.01. The van der Waals surface area contributed by atoms with Crippen LogP contribution >= 0.6 is 11.3 Å². The Morgan fingerprint density at radius 2 is 2.37 bits per heavy atom. The van der Waals surface area contributed by atoms with Gasteiger partial charge < -0.3 is 9.84 Å². The number of hydrogen-bond acceptors (Lipinski definition) is 7. The average Bonchev–Trinajstić information content (AvgIpc) is 3.10. The van der Waals surface area contributed by atoms with E-state index in [1.807, 2.05) is 24.6 Å². The molecule has 0 saturated carbocycles. The molecule has 0 radical (unpaired) electrons. The molecule has 0 aliphatic heterocycles. The zero-order chi connectivity index (χ0) is 13.1. The van der Waals surface area contributed by atoms with Gasteiger partial charge in [0.05, 0.1) is 19.3 Å². The minimum Gasteiger partial charge on any atom is -0.361 e. The number of nitrogens with one attached hydrogen (secondary N) is 1. The van der Waals surface area contributed by atoms with Crippen molar-refractivity contribution in [3.8, 4) is 0 Å². The van der Waals surface area contributed by atoms with Crippen LogP contribution in [0.5, 0.6) is 0 Å². The predicted octanol–water partition coefficient (Wildman–Crippen LogP) is 1.69. The second-order valence-corrected chi connectivity index (χ2v) is 4.92. The summed E-state index contributed by atoms with van der Waals surface area (Å²) in [6.45, 7) is 3.02. The van der Waals surface area contributed by atoms with E-state index in [1.54, 1.807) is 22.2 Å². The van der Waals surface area contributed by atoms with Crippen molar-refractivity contribution < 1.29 is 4.52 Å².